The number of hydrogen-bond donors (Lipinski definition) is 1. The first kappa shape index (κ1) is 20.1. The predicted molar refractivity (Wildman–Crippen MR) is 116 cm³/mol. The highest BCUT2D eigenvalue weighted by molar-refractivity contribution is 7.91. The van der Waals surface area contributed by atoms with Gasteiger partial charge in [-0.2, -0.15) is 0 Å². The minimum Gasteiger partial charge on any atom is -0.302 e. The summed E-state index contributed by atoms with van der Waals surface area (Å²) in [7, 11) is -3.51. The molecule has 150 valence electrons. The highest BCUT2D eigenvalue weighted by Crippen LogP contribution is 2.30. The van der Waals surface area contributed by atoms with E-state index < -0.39 is 9.84 Å². The van der Waals surface area contributed by atoms with E-state index in [0.717, 1.165) is 30.4 Å². The van der Waals surface area contributed by atoms with E-state index >= 15 is 0 Å². The molecule has 0 unspecified atom stereocenters. The molecule has 0 aliphatic heterocycles. The number of carbonyl (C=O) groups is 1. The number of hydrogen-bond acceptors (Lipinski definition) is 5. The van der Waals surface area contributed by atoms with Crippen LogP contribution in [0.25, 0.3) is 11.3 Å². The fourth-order valence-corrected chi connectivity index (χ4v) is 5.64. The summed E-state index contributed by atoms with van der Waals surface area (Å²) in [5.41, 5.74) is 3.77. The van der Waals surface area contributed by atoms with Gasteiger partial charge in [0.1, 0.15) is 0 Å². The van der Waals surface area contributed by atoms with Crippen molar-refractivity contribution in [3.63, 3.8) is 0 Å². The number of aromatic nitrogens is 1. The molecule has 1 N–H and O–H groups in total. The van der Waals surface area contributed by atoms with Crippen LogP contribution < -0.4 is 5.32 Å². The Hall–Kier alpha value is -2.22. The second kappa shape index (κ2) is 8.26. The molecule has 29 heavy (non-hydrogen) atoms. The average molecular weight is 447 g/mol. The lowest BCUT2D eigenvalue weighted by atomic mass is 10.1. The average Bonchev–Trinajstić information content (AvgIpc) is 3.35. The van der Waals surface area contributed by atoms with E-state index in [1.54, 1.807) is 23.6 Å². The molecule has 0 saturated carbocycles. The molecule has 1 heterocycles. The lowest BCUT2D eigenvalue weighted by Gasteiger charge is -2.07. The zero-order valence-electron chi connectivity index (χ0n) is 15.5. The molecule has 3 aromatic rings. The molecule has 8 heteroatoms. The minimum absolute atomic E-state index is 0.125. The number of fused-ring (bicyclic) bond motifs is 1. The zero-order chi connectivity index (χ0) is 20.4. The van der Waals surface area contributed by atoms with Gasteiger partial charge in [0.15, 0.2) is 15.0 Å². The first-order valence-electron chi connectivity index (χ1n) is 9.27. The largest absolute Gasteiger partial charge is 0.302 e. The van der Waals surface area contributed by atoms with Crippen molar-refractivity contribution in [2.45, 2.75) is 30.6 Å². The van der Waals surface area contributed by atoms with Crippen LogP contribution in [0.1, 0.15) is 24.0 Å². The topological polar surface area (TPSA) is 76.1 Å². The van der Waals surface area contributed by atoms with Crippen LogP contribution in [-0.4, -0.2) is 25.1 Å². The molecule has 0 radical (unpaired) electrons. The molecule has 0 bridgehead atoms. The zero-order valence-corrected chi connectivity index (χ0v) is 17.9. The first-order valence-corrected chi connectivity index (χ1v) is 12.2. The molecule has 1 aliphatic carbocycles. The Morgan fingerprint density at radius 1 is 1.14 bits per heavy atom. The number of amides is 1. The fraction of sp³-hybridized carbons (Fsp3) is 0.238. The summed E-state index contributed by atoms with van der Waals surface area (Å²) in [6.45, 7) is 0. The van der Waals surface area contributed by atoms with Crippen LogP contribution in [0.5, 0.6) is 0 Å². The maximum Gasteiger partial charge on any atom is 0.227 e. The lowest BCUT2D eigenvalue weighted by molar-refractivity contribution is -0.115. The van der Waals surface area contributed by atoms with Crippen molar-refractivity contribution in [1.29, 1.82) is 0 Å². The number of nitrogens with zero attached hydrogens (tertiary/aromatic N) is 1. The van der Waals surface area contributed by atoms with E-state index in [0.29, 0.717) is 20.7 Å². The van der Waals surface area contributed by atoms with Gasteiger partial charge in [0.25, 0.3) is 0 Å². The van der Waals surface area contributed by atoms with Gasteiger partial charge in [-0.3, -0.25) is 4.79 Å². The van der Waals surface area contributed by atoms with Crippen LogP contribution in [0.4, 0.5) is 5.13 Å². The Morgan fingerprint density at radius 2 is 1.93 bits per heavy atom. The summed E-state index contributed by atoms with van der Waals surface area (Å²) in [6.07, 6.45) is 2.85. The van der Waals surface area contributed by atoms with Crippen molar-refractivity contribution in [2.75, 3.05) is 11.1 Å². The van der Waals surface area contributed by atoms with Crippen molar-refractivity contribution in [1.82, 2.24) is 4.98 Å². The molecule has 0 fully saturated rings. The molecule has 1 aromatic heterocycles. The number of aryl methyl sites for hydroxylation is 2. The maximum absolute atomic E-state index is 12.6. The summed E-state index contributed by atoms with van der Waals surface area (Å²) < 4.78 is 25.2. The monoisotopic (exact) mass is 446 g/mol. The molecule has 1 aliphatic rings. The van der Waals surface area contributed by atoms with Gasteiger partial charge < -0.3 is 5.32 Å². The Morgan fingerprint density at radius 3 is 2.76 bits per heavy atom. The van der Waals surface area contributed by atoms with E-state index in [9.17, 15) is 13.2 Å². The summed E-state index contributed by atoms with van der Waals surface area (Å²) >= 11 is 7.45. The normalized spacial score (nSPS) is 13.3. The van der Waals surface area contributed by atoms with Crippen LogP contribution in [-0.2, 0) is 27.5 Å². The van der Waals surface area contributed by atoms with Gasteiger partial charge in [-0.1, -0.05) is 35.9 Å². The standard InChI is InChI=1S/C21H19ClN2O3S2/c22-18-7-2-1-6-17(18)19-13-28-21(23-19)24-20(25)10-11-29(26,27)16-9-8-14-4-3-5-15(14)12-16/h1-2,6-9,12-13H,3-5,10-11H2,(H,23,24,25). The van der Waals surface area contributed by atoms with Crippen LogP contribution in [0.15, 0.2) is 52.7 Å². The number of thiazole rings is 1. The predicted octanol–water partition coefficient (Wildman–Crippen LogP) is 4.75. The number of anilines is 1. The number of halogens is 1. The number of rotatable bonds is 6. The number of carbonyl (C=O) groups excluding carboxylic acids is 1. The van der Waals surface area contributed by atoms with E-state index in [-0.39, 0.29) is 18.1 Å². The molecule has 1 amide bonds. The van der Waals surface area contributed by atoms with Gasteiger partial charge in [0.2, 0.25) is 5.91 Å². The summed E-state index contributed by atoms with van der Waals surface area (Å²) in [6, 6.07) is 12.6. The third-order valence-electron chi connectivity index (χ3n) is 4.93. The second-order valence-corrected chi connectivity index (χ2v) is 10.3. The van der Waals surface area contributed by atoms with Crippen LogP contribution in [0.3, 0.4) is 0 Å². The van der Waals surface area contributed by atoms with Gasteiger partial charge in [-0.05, 0) is 48.6 Å². The maximum atomic E-state index is 12.6. The highest BCUT2D eigenvalue weighted by atomic mass is 35.5. The summed E-state index contributed by atoms with van der Waals surface area (Å²) in [5, 5.41) is 5.48. The van der Waals surface area contributed by atoms with Gasteiger partial charge >= 0.3 is 0 Å². The van der Waals surface area contributed by atoms with Crippen molar-refractivity contribution in [3.8, 4) is 11.3 Å². The third-order valence-corrected chi connectivity index (χ3v) is 7.73. The smallest absolute Gasteiger partial charge is 0.227 e. The number of benzene rings is 2. The van der Waals surface area contributed by atoms with Crippen LogP contribution in [0.2, 0.25) is 5.02 Å². The van der Waals surface area contributed by atoms with Crippen molar-refractivity contribution < 1.29 is 13.2 Å². The minimum atomic E-state index is -3.51. The Labute approximate surface area is 178 Å². The SMILES string of the molecule is O=C(CCS(=O)(=O)c1ccc2c(c1)CCC2)Nc1nc(-c2ccccc2Cl)cs1. The van der Waals surface area contributed by atoms with Gasteiger partial charge in [0.05, 0.1) is 16.3 Å². The summed E-state index contributed by atoms with van der Waals surface area (Å²) in [5.74, 6) is -0.616. The molecular formula is C21H19ClN2O3S2. The fourth-order valence-electron chi connectivity index (χ4n) is 3.39. The quantitative estimate of drug-likeness (QED) is 0.592. The van der Waals surface area contributed by atoms with Gasteiger partial charge in [-0.15, -0.1) is 11.3 Å². The molecule has 4 rings (SSSR count). The lowest BCUT2D eigenvalue weighted by Crippen LogP contribution is -2.17. The van der Waals surface area contributed by atoms with Crippen molar-refractivity contribution >= 4 is 43.8 Å². The van der Waals surface area contributed by atoms with E-state index in [2.05, 4.69) is 10.3 Å². The van der Waals surface area contributed by atoms with E-state index in [1.165, 1.54) is 16.9 Å². The number of nitrogens with one attached hydrogen (secondary N) is 1. The van der Waals surface area contributed by atoms with Gasteiger partial charge in [0, 0.05) is 22.4 Å². The Bertz CT molecular complexity index is 1170. The van der Waals surface area contributed by atoms with E-state index in [4.69, 9.17) is 11.6 Å². The Kier molecular flexibility index (Phi) is 5.72. The molecule has 0 atom stereocenters. The number of sulfone groups is 1. The van der Waals surface area contributed by atoms with Crippen molar-refractivity contribution in [2.24, 2.45) is 0 Å². The van der Waals surface area contributed by atoms with E-state index in [1.807, 2.05) is 24.3 Å². The summed E-state index contributed by atoms with van der Waals surface area (Å²) in [4.78, 5) is 16.9. The first-order chi connectivity index (χ1) is 13.9. The van der Waals surface area contributed by atoms with Crippen molar-refractivity contribution in [3.05, 3.63) is 64.0 Å². The second-order valence-electron chi connectivity index (χ2n) is 6.92. The van der Waals surface area contributed by atoms with Gasteiger partial charge in [-0.25, -0.2) is 13.4 Å². The van der Waals surface area contributed by atoms with Crippen LogP contribution in [0, 0.1) is 0 Å². The highest BCUT2D eigenvalue weighted by Gasteiger charge is 2.20. The molecule has 0 saturated heterocycles. The molecule has 5 nitrogen and oxygen atoms in total. The molecule has 2 aromatic carbocycles. The molecule has 0 spiro atoms. The molecular weight excluding hydrogens is 428 g/mol. The third kappa shape index (κ3) is 4.52. The Balaban J connectivity index is 1.38. The van der Waals surface area contributed by atoms with Crippen LogP contribution >= 0.6 is 22.9 Å².